The molecule has 0 spiro atoms. The van der Waals surface area contributed by atoms with E-state index in [4.69, 9.17) is 23.8 Å². The lowest BCUT2D eigenvalue weighted by molar-refractivity contribution is 1.06. The van der Waals surface area contributed by atoms with Gasteiger partial charge >= 0.3 is 0 Å². The SMILES string of the molecule is Cc1cc(C)nc(-c2ccc(C(=S)Cl)c(S)c2)n1. The van der Waals surface area contributed by atoms with Crippen molar-refractivity contribution in [1.82, 2.24) is 9.97 Å². The highest BCUT2D eigenvalue weighted by atomic mass is 35.5. The Morgan fingerprint density at radius 2 is 1.78 bits per heavy atom. The molecule has 2 rings (SSSR count). The Hall–Kier alpha value is -0.970. The average Bonchev–Trinajstić information content (AvgIpc) is 2.26. The zero-order chi connectivity index (χ0) is 13.3. The molecular formula is C13H11ClN2S2. The second kappa shape index (κ2) is 5.34. The van der Waals surface area contributed by atoms with E-state index in [1.807, 2.05) is 38.1 Å². The number of benzene rings is 1. The van der Waals surface area contributed by atoms with Gasteiger partial charge in [-0.1, -0.05) is 36.0 Å². The minimum atomic E-state index is 0.313. The van der Waals surface area contributed by atoms with Gasteiger partial charge in [0.1, 0.15) is 4.32 Å². The van der Waals surface area contributed by atoms with Crippen LogP contribution in [0.1, 0.15) is 17.0 Å². The molecule has 0 radical (unpaired) electrons. The Morgan fingerprint density at radius 3 is 2.28 bits per heavy atom. The van der Waals surface area contributed by atoms with Gasteiger partial charge in [-0.25, -0.2) is 9.97 Å². The Bertz CT molecular complexity index is 606. The number of halogens is 1. The Balaban J connectivity index is 2.52. The molecule has 18 heavy (non-hydrogen) atoms. The molecule has 1 heterocycles. The summed E-state index contributed by atoms with van der Waals surface area (Å²) < 4.78 is 0.313. The van der Waals surface area contributed by atoms with Crippen LogP contribution in [-0.2, 0) is 0 Å². The van der Waals surface area contributed by atoms with E-state index in [0.29, 0.717) is 10.1 Å². The summed E-state index contributed by atoms with van der Waals surface area (Å²) in [6.45, 7) is 3.89. The van der Waals surface area contributed by atoms with Gasteiger partial charge in [-0.3, -0.25) is 0 Å². The molecule has 1 aromatic carbocycles. The molecule has 0 N–H and O–H groups in total. The van der Waals surface area contributed by atoms with Gasteiger partial charge in [-0.2, -0.15) is 0 Å². The van der Waals surface area contributed by atoms with Crippen LogP contribution in [0.4, 0.5) is 0 Å². The molecule has 0 aliphatic rings. The zero-order valence-electron chi connectivity index (χ0n) is 9.94. The maximum atomic E-state index is 5.81. The topological polar surface area (TPSA) is 25.8 Å². The number of hydrogen-bond acceptors (Lipinski definition) is 4. The van der Waals surface area contributed by atoms with Crippen LogP contribution in [0.15, 0.2) is 29.2 Å². The van der Waals surface area contributed by atoms with Crippen molar-refractivity contribution in [2.24, 2.45) is 0 Å². The third kappa shape index (κ3) is 2.88. The van der Waals surface area contributed by atoms with E-state index in [9.17, 15) is 0 Å². The van der Waals surface area contributed by atoms with Crippen LogP contribution in [0.5, 0.6) is 0 Å². The summed E-state index contributed by atoms with van der Waals surface area (Å²) >= 11 is 15.1. The van der Waals surface area contributed by atoms with Gasteiger partial charge in [0.15, 0.2) is 5.82 Å². The van der Waals surface area contributed by atoms with Gasteiger partial charge < -0.3 is 0 Å². The van der Waals surface area contributed by atoms with E-state index in [2.05, 4.69) is 22.6 Å². The number of nitrogens with zero attached hydrogens (tertiary/aromatic N) is 2. The molecular weight excluding hydrogens is 284 g/mol. The van der Waals surface area contributed by atoms with Gasteiger partial charge in [0.05, 0.1) is 0 Å². The largest absolute Gasteiger partial charge is 0.233 e. The number of thiocarbonyl (C=S) groups is 1. The summed E-state index contributed by atoms with van der Waals surface area (Å²) in [6.07, 6.45) is 0. The lowest BCUT2D eigenvalue weighted by atomic mass is 10.1. The molecule has 0 aliphatic heterocycles. The molecule has 0 amide bonds. The molecule has 0 fully saturated rings. The quantitative estimate of drug-likeness (QED) is 0.516. The summed E-state index contributed by atoms with van der Waals surface area (Å²) in [4.78, 5) is 9.55. The highest BCUT2D eigenvalue weighted by molar-refractivity contribution is 7.84. The van der Waals surface area contributed by atoms with Crippen LogP contribution in [0, 0.1) is 13.8 Å². The number of thiol groups is 1. The van der Waals surface area contributed by atoms with Crippen molar-refractivity contribution in [1.29, 1.82) is 0 Å². The lowest BCUT2D eigenvalue weighted by Crippen LogP contribution is -1.96. The summed E-state index contributed by atoms with van der Waals surface area (Å²) in [5, 5.41) is 0. The van der Waals surface area contributed by atoms with Crippen molar-refractivity contribution >= 4 is 40.8 Å². The van der Waals surface area contributed by atoms with Crippen LogP contribution in [-0.4, -0.2) is 14.3 Å². The highest BCUT2D eigenvalue weighted by Crippen LogP contribution is 2.24. The van der Waals surface area contributed by atoms with Gasteiger partial charge in [0.2, 0.25) is 0 Å². The van der Waals surface area contributed by atoms with E-state index in [0.717, 1.165) is 27.4 Å². The molecule has 2 nitrogen and oxygen atoms in total. The molecule has 0 unspecified atom stereocenters. The first kappa shape index (κ1) is 13.5. The molecule has 92 valence electrons. The van der Waals surface area contributed by atoms with E-state index in [-0.39, 0.29) is 0 Å². The Kier molecular flexibility index (Phi) is 4.00. The van der Waals surface area contributed by atoms with Crippen molar-refractivity contribution < 1.29 is 0 Å². The van der Waals surface area contributed by atoms with Crippen LogP contribution in [0.25, 0.3) is 11.4 Å². The van der Waals surface area contributed by atoms with Crippen molar-refractivity contribution in [3.8, 4) is 11.4 Å². The fourth-order valence-corrected chi connectivity index (χ4v) is 2.50. The Labute approximate surface area is 122 Å². The summed E-state index contributed by atoms with van der Waals surface area (Å²) in [7, 11) is 0. The van der Waals surface area contributed by atoms with E-state index in [1.165, 1.54) is 0 Å². The number of hydrogen-bond donors (Lipinski definition) is 1. The number of aromatic nitrogens is 2. The fraction of sp³-hybridized carbons (Fsp3) is 0.154. The van der Waals surface area contributed by atoms with Gasteiger partial charge in [0, 0.05) is 27.4 Å². The van der Waals surface area contributed by atoms with Crippen LogP contribution >= 0.6 is 36.4 Å². The van der Waals surface area contributed by atoms with E-state index in [1.54, 1.807) is 0 Å². The molecule has 0 saturated carbocycles. The van der Waals surface area contributed by atoms with Gasteiger partial charge in [-0.05, 0) is 26.0 Å². The molecule has 2 aromatic rings. The smallest absolute Gasteiger partial charge is 0.159 e. The summed E-state index contributed by atoms with van der Waals surface area (Å²) in [6, 6.07) is 7.56. The standard InChI is InChI=1S/C13H11ClN2S2/c1-7-5-8(2)16-13(15-7)9-3-4-10(12(14)18)11(17)6-9/h3-6,17H,1-2H3. The predicted octanol–water partition coefficient (Wildman–Crippen LogP) is 3.96. The number of aryl methyl sites for hydroxylation is 2. The van der Waals surface area contributed by atoms with Crippen molar-refractivity contribution in [2.75, 3.05) is 0 Å². The highest BCUT2D eigenvalue weighted by Gasteiger charge is 2.08. The van der Waals surface area contributed by atoms with Crippen LogP contribution in [0.2, 0.25) is 0 Å². The normalized spacial score (nSPS) is 10.4. The van der Waals surface area contributed by atoms with E-state index < -0.39 is 0 Å². The average molecular weight is 295 g/mol. The first-order chi connectivity index (χ1) is 8.47. The second-order valence-electron chi connectivity index (χ2n) is 3.98. The summed E-state index contributed by atoms with van der Waals surface area (Å²) in [5.41, 5.74) is 3.54. The molecule has 5 heteroatoms. The molecule has 0 saturated heterocycles. The first-order valence-corrected chi connectivity index (χ1v) is 6.56. The third-order valence-electron chi connectivity index (χ3n) is 2.45. The molecule has 0 bridgehead atoms. The van der Waals surface area contributed by atoms with Crippen molar-refractivity contribution in [2.45, 2.75) is 18.7 Å². The maximum absolute atomic E-state index is 5.81. The van der Waals surface area contributed by atoms with Crippen LogP contribution in [0.3, 0.4) is 0 Å². The maximum Gasteiger partial charge on any atom is 0.159 e. The van der Waals surface area contributed by atoms with Crippen LogP contribution < -0.4 is 0 Å². The van der Waals surface area contributed by atoms with Crippen molar-refractivity contribution in [3.05, 3.63) is 41.2 Å². The zero-order valence-corrected chi connectivity index (χ0v) is 12.4. The predicted molar refractivity (Wildman–Crippen MR) is 81.7 cm³/mol. The molecule has 1 aromatic heterocycles. The molecule has 0 atom stereocenters. The van der Waals surface area contributed by atoms with Gasteiger partial charge in [-0.15, -0.1) is 12.6 Å². The minimum Gasteiger partial charge on any atom is -0.233 e. The Morgan fingerprint density at radius 1 is 1.17 bits per heavy atom. The number of rotatable bonds is 2. The molecule has 0 aliphatic carbocycles. The monoisotopic (exact) mass is 294 g/mol. The van der Waals surface area contributed by atoms with Crippen molar-refractivity contribution in [3.63, 3.8) is 0 Å². The first-order valence-electron chi connectivity index (χ1n) is 5.33. The fourth-order valence-electron chi connectivity index (χ4n) is 1.69. The third-order valence-corrected chi connectivity index (χ3v) is 3.24. The second-order valence-corrected chi connectivity index (χ2v) is 5.47. The summed E-state index contributed by atoms with van der Waals surface area (Å²) in [5.74, 6) is 0.690. The van der Waals surface area contributed by atoms with Gasteiger partial charge in [0.25, 0.3) is 0 Å². The van der Waals surface area contributed by atoms with E-state index >= 15 is 0 Å². The lowest BCUT2D eigenvalue weighted by Gasteiger charge is -2.06. The minimum absolute atomic E-state index is 0.313.